The molecule has 270 valence electrons. The van der Waals surface area contributed by atoms with Crippen molar-refractivity contribution in [1.29, 1.82) is 10.5 Å². The third-order valence-electron chi connectivity index (χ3n) is 10.6. The molecule has 6 aromatic heterocycles. The standard InChI is InChI=1S/C38H16N6O8S4/c1-41-29(45)11-5-6-12-18-17(11)21(33(41)49)25-26(22(18)34(50)42(2)30(12)46)54-37(53-25)15(9-39)16(10-40)38-55-27-23-19-13(31(47)43(3)35(23)51)7-8-14-20(19)24(28(27)56-38)36(52)44(4)32(14)48/h5-8H,1-4H3. The first-order valence-corrected chi connectivity index (χ1v) is 19.6. The second kappa shape index (κ2) is 11.0. The number of pyridine rings is 4. The van der Waals surface area contributed by atoms with E-state index in [9.17, 15) is 48.9 Å². The summed E-state index contributed by atoms with van der Waals surface area (Å²) < 4.78 is 5.38. The van der Waals surface area contributed by atoms with E-state index in [1.807, 2.05) is 0 Å². The average molecular weight is 813 g/mol. The van der Waals surface area contributed by atoms with Gasteiger partial charge in [0.1, 0.15) is 12.1 Å². The van der Waals surface area contributed by atoms with Crippen LogP contribution >= 0.6 is 45.3 Å². The highest BCUT2D eigenvalue weighted by Crippen LogP contribution is 2.41. The fourth-order valence-corrected chi connectivity index (χ4v) is 13.4. The number of nitrogens with zero attached hydrogens (tertiary/aromatic N) is 6. The van der Waals surface area contributed by atoms with Gasteiger partial charge < -0.3 is 0 Å². The molecule has 0 amide bonds. The Labute approximate surface area is 322 Å². The Morgan fingerprint density at radius 1 is 0.393 bits per heavy atom. The van der Waals surface area contributed by atoms with Gasteiger partial charge in [-0.1, -0.05) is 0 Å². The minimum atomic E-state index is -0.666. The summed E-state index contributed by atoms with van der Waals surface area (Å²) >= 11 is 3.92. The highest BCUT2D eigenvalue weighted by molar-refractivity contribution is 7.38. The third kappa shape index (κ3) is 3.80. The Morgan fingerprint density at radius 3 is 0.804 bits per heavy atom. The van der Waals surface area contributed by atoms with E-state index < -0.39 is 44.5 Å². The first-order chi connectivity index (χ1) is 26.7. The van der Waals surface area contributed by atoms with Gasteiger partial charge in [-0.3, -0.25) is 56.6 Å². The van der Waals surface area contributed by atoms with Crippen LogP contribution in [0.25, 0.3) is 94.6 Å². The van der Waals surface area contributed by atoms with Crippen molar-refractivity contribution >= 4 is 140 Å². The fourth-order valence-electron chi connectivity index (χ4n) is 7.86. The molecule has 0 aliphatic heterocycles. The second-order valence-electron chi connectivity index (χ2n) is 13.3. The van der Waals surface area contributed by atoms with Crippen molar-refractivity contribution in [2.75, 3.05) is 0 Å². The van der Waals surface area contributed by atoms with Crippen LogP contribution in [0.5, 0.6) is 0 Å². The Bertz CT molecular complexity index is 3790. The van der Waals surface area contributed by atoms with Crippen LogP contribution < -0.4 is 52.2 Å². The molecule has 6 heterocycles. The largest absolute Gasteiger partial charge is 0.277 e. The lowest BCUT2D eigenvalue weighted by molar-refractivity contribution is 0.839. The first kappa shape index (κ1) is 33.8. The normalized spacial score (nSPS) is 12.1. The molecule has 0 radical (unpaired) electrons. The number of rotatable bonds is 1. The van der Waals surface area contributed by atoms with E-state index in [0.29, 0.717) is 0 Å². The molecule has 4 aromatic carbocycles. The number of hydrogen-bond acceptors (Lipinski definition) is 14. The maximum absolute atomic E-state index is 13.9. The van der Waals surface area contributed by atoms with Crippen molar-refractivity contribution in [3.63, 3.8) is 0 Å². The van der Waals surface area contributed by atoms with Crippen LogP contribution in [0.4, 0.5) is 0 Å². The van der Waals surface area contributed by atoms with Gasteiger partial charge in [-0.2, -0.15) is 10.5 Å². The van der Waals surface area contributed by atoms with Crippen molar-refractivity contribution < 1.29 is 0 Å². The van der Waals surface area contributed by atoms with E-state index >= 15 is 0 Å². The molecule has 0 unspecified atom stereocenters. The molecule has 10 aromatic rings. The number of aromatic nitrogens is 4. The summed E-state index contributed by atoms with van der Waals surface area (Å²) in [4.78, 5) is 109. The number of fused-ring (bicyclic) bond motifs is 6. The van der Waals surface area contributed by atoms with E-state index in [0.717, 1.165) is 63.6 Å². The first-order valence-electron chi connectivity index (χ1n) is 16.4. The lowest BCUT2D eigenvalue weighted by Gasteiger charge is -2.12. The molecule has 0 saturated carbocycles. The Morgan fingerprint density at radius 2 is 0.607 bits per heavy atom. The van der Waals surface area contributed by atoms with Crippen molar-refractivity contribution in [2.45, 2.75) is 0 Å². The molecule has 0 N–H and O–H groups in total. The van der Waals surface area contributed by atoms with Crippen molar-refractivity contribution in [2.24, 2.45) is 28.2 Å². The minimum absolute atomic E-state index is 0.0849. The smallest absolute Gasteiger partial charge is 0.262 e. The summed E-state index contributed by atoms with van der Waals surface area (Å²) in [6.45, 7) is 0. The van der Waals surface area contributed by atoms with Gasteiger partial charge in [-0.05, 0) is 24.3 Å². The van der Waals surface area contributed by atoms with Crippen LogP contribution in [0, 0.1) is 22.7 Å². The van der Waals surface area contributed by atoms with Gasteiger partial charge in [-0.15, -0.1) is 45.3 Å². The van der Waals surface area contributed by atoms with Crippen LogP contribution in [0.15, 0.2) is 62.6 Å². The fraction of sp³-hybridized carbons (Fsp3) is 0.105. The summed E-state index contributed by atoms with van der Waals surface area (Å²) in [6, 6.07) is 10.0. The lowest BCUT2D eigenvalue weighted by atomic mass is 9.96. The van der Waals surface area contributed by atoms with Crippen LogP contribution in [0.1, 0.15) is 0 Å². The number of nitriles is 2. The summed E-state index contributed by atoms with van der Waals surface area (Å²) in [5.74, 6) is 0. The van der Waals surface area contributed by atoms with Crippen LogP contribution in [-0.4, -0.2) is 18.3 Å². The Hall–Kier alpha value is -6.70. The topological polar surface area (TPSA) is 204 Å². The van der Waals surface area contributed by atoms with E-state index in [1.165, 1.54) is 52.5 Å². The molecule has 0 bridgehead atoms. The molecule has 14 nitrogen and oxygen atoms in total. The Balaban J connectivity index is 1.45. The van der Waals surface area contributed by atoms with Crippen LogP contribution in [-0.2, 0) is 28.2 Å². The lowest BCUT2D eigenvalue weighted by Crippen LogP contribution is -2.33. The highest BCUT2D eigenvalue weighted by Gasteiger charge is 2.27. The quantitative estimate of drug-likeness (QED) is 0.220. The SMILES string of the molecule is Cn1c(=O)c2ccc3c(=O)n(C)c(=O)c4c5sc(=C(C#N)C(C#N)=c6sc7c(s6)c6c(=O)n(C)c(=O)c8ccc9c(=O)n(C)c(=O)c7c9c86)sc5c(c1=O)c2c34. The van der Waals surface area contributed by atoms with Gasteiger partial charge in [0.2, 0.25) is 0 Å². The molecule has 0 fully saturated rings. The molecular formula is C38H16N6O8S4. The zero-order valence-electron chi connectivity index (χ0n) is 28.9. The zero-order chi connectivity index (χ0) is 39.5. The van der Waals surface area contributed by atoms with Crippen molar-refractivity contribution in [3.05, 3.63) is 115 Å². The van der Waals surface area contributed by atoms with E-state index in [1.54, 1.807) is 0 Å². The Kier molecular flexibility index (Phi) is 6.62. The van der Waals surface area contributed by atoms with E-state index in [-0.39, 0.29) is 102 Å². The van der Waals surface area contributed by atoms with Gasteiger partial charge in [0.15, 0.2) is 0 Å². The molecule has 10 rings (SSSR count). The van der Waals surface area contributed by atoms with Gasteiger partial charge in [-0.25, -0.2) is 0 Å². The molecule has 0 atom stereocenters. The van der Waals surface area contributed by atoms with Crippen molar-refractivity contribution in [3.8, 4) is 12.1 Å². The number of benzene rings is 4. The van der Waals surface area contributed by atoms with E-state index in [4.69, 9.17) is 0 Å². The third-order valence-corrected chi connectivity index (χ3v) is 15.9. The minimum Gasteiger partial charge on any atom is -0.277 e. The molecular weight excluding hydrogens is 797 g/mol. The summed E-state index contributed by atoms with van der Waals surface area (Å²) in [6.07, 6.45) is 0. The summed E-state index contributed by atoms with van der Waals surface area (Å²) in [5.41, 5.74) is -5.36. The predicted molar refractivity (Wildman–Crippen MR) is 221 cm³/mol. The maximum atomic E-state index is 13.9. The van der Waals surface area contributed by atoms with Gasteiger partial charge >= 0.3 is 0 Å². The second-order valence-corrected chi connectivity index (χ2v) is 17.9. The van der Waals surface area contributed by atoms with Gasteiger partial charge in [0.05, 0.1) is 59.2 Å². The summed E-state index contributed by atoms with van der Waals surface area (Å²) in [7, 11) is 5.30. The monoisotopic (exact) mass is 812 g/mol. The van der Waals surface area contributed by atoms with Crippen LogP contribution in [0.3, 0.4) is 0 Å². The highest BCUT2D eigenvalue weighted by atomic mass is 32.2. The molecule has 0 saturated heterocycles. The molecule has 0 spiro atoms. The van der Waals surface area contributed by atoms with Gasteiger partial charge in [0, 0.05) is 71.3 Å². The molecule has 18 heteroatoms. The molecule has 56 heavy (non-hydrogen) atoms. The van der Waals surface area contributed by atoms with E-state index in [2.05, 4.69) is 12.1 Å². The maximum Gasteiger partial charge on any atom is 0.262 e. The summed E-state index contributed by atoms with van der Waals surface area (Å²) in [5, 5.41) is 23.0. The zero-order valence-corrected chi connectivity index (χ0v) is 32.2. The van der Waals surface area contributed by atoms with Crippen LogP contribution in [0.2, 0.25) is 0 Å². The van der Waals surface area contributed by atoms with Crippen molar-refractivity contribution in [1.82, 2.24) is 18.3 Å². The van der Waals surface area contributed by atoms with Gasteiger partial charge in [0.25, 0.3) is 44.5 Å². The molecule has 0 aliphatic carbocycles. The number of hydrogen-bond donors (Lipinski definition) is 0. The molecule has 0 aliphatic rings. The predicted octanol–water partition coefficient (Wildman–Crippen LogP) is 1.76. The average Bonchev–Trinajstić information content (AvgIpc) is 3.83.